The third-order valence-corrected chi connectivity index (χ3v) is 2.75. The SMILES string of the molecule is N#CC1(Nc2c(F)cccc2F)CCC1. The number of hydrogen-bond donors (Lipinski definition) is 1. The normalized spacial score (nSPS) is 17.7. The van der Waals surface area contributed by atoms with E-state index in [1.165, 1.54) is 18.2 Å². The van der Waals surface area contributed by atoms with Gasteiger partial charge in [0.05, 0.1) is 6.07 Å². The summed E-state index contributed by atoms with van der Waals surface area (Å²) in [6.07, 6.45) is 2.19. The summed E-state index contributed by atoms with van der Waals surface area (Å²) in [6, 6.07) is 5.73. The maximum Gasteiger partial charge on any atom is 0.149 e. The molecule has 0 aromatic heterocycles. The van der Waals surface area contributed by atoms with E-state index < -0.39 is 17.2 Å². The quantitative estimate of drug-likeness (QED) is 0.811. The molecular formula is C11H10F2N2. The lowest BCUT2D eigenvalue weighted by molar-refractivity contribution is 0.353. The Kier molecular flexibility index (Phi) is 2.31. The second-order valence-corrected chi connectivity index (χ2v) is 3.77. The third-order valence-electron chi connectivity index (χ3n) is 2.75. The first-order valence-corrected chi connectivity index (χ1v) is 4.80. The van der Waals surface area contributed by atoms with E-state index >= 15 is 0 Å². The van der Waals surface area contributed by atoms with Crippen molar-refractivity contribution in [2.45, 2.75) is 24.8 Å². The fourth-order valence-corrected chi connectivity index (χ4v) is 1.65. The lowest BCUT2D eigenvalue weighted by Gasteiger charge is -2.36. The molecule has 1 N–H and O–H groups in total. The van der Waals surface area contributed by atoms with Gasteiger partial charge in [-0.3, -0.25) is 0 Å². The standard InChI is InChI=1S/C11H10F2N2/c12-8-3-1-4-9(13)10(8)15-11(7-14)5-2-6-11/h1,3-4,15H,2,5-6H2. The number of para-hydroxylation sites is 1. The number of benzene rings is 1. The van der Waals surface area contributed by atoms with Gasteiger partial charge in [0.25, 0.3) is 0 Å². The molecule has 2 nitrogen and oxygen atoms in total. The highest BCUT2D eigenvalue weighted by atomic mass is 19.1. The van der Waals surface area contributed by atoms with Gasteiger partial charge in [-0.05, 0) is 31.4 Å². The predicted octanol–water partition coefficient (Wildman–Crippen LogP) is 2.82. The molecular weight excluding hydrogens is 198 g/mol. The summed E-state index contributed by atoms with van der Waals surface area (Å²) in [6.45, 7) is 0. The molecule has 1 saturated carbocycles. The summed E-state index contributed by atoms with van der Waals surface area (Å²) in [5.74, 6) is -1.31. The molecule has 0 bridgehead atoms. The first kappa shape index (κ1) is 9.91. The second-order valence-electron chi connectivity index (χ2n) is 3.77. The van der Waals surface area contributed by atoms with E-state index in [0.717, 1.165) is 6.42 Å². The highest BCUT2D eigenvalue weighted by Gasteiger charge is 2.38. The summed E-state index contributed by atoms with van der Waals surface area (Å²) in [5, 5.41) is 11.6. The van der Waals surface area contributed by atoms with Crippen LogP contribution in [-0.4, -0.2) is 5.54 Å². The van der Waals surface area contributed by atoms with Crippen LogP contribution in [-0.2, 0) is 0 Å². The number of nitrogens with zero attached hydrogens (tertiary/aromatic N) is 1. The minimum absolute atomic E-state index is 0.196. The number of nitrogens with one attached hydrogen (secondary N) is 1. The Morgan fingerprint density at radius 3 is 2.27 bits per heavy atom. The van der Waals surface area contributed by atoms with Crippen molar-refractivity contribution in [3.63, 3.8) is 0 Å². The predicted molar refractivity (Wildman–Crippen MR) is 52.2 cm³/mol. The molecule has 0 spiro atoms. The molecule has 0 aliphatic heterocycles. The van der Waals surface area contributed by atoms with Gasteiger partial charge in [-0.25, -0.2) is 8.78 Å². The van der Waals surface area contributed by atoms with Gasteiger partial charge in [0.1, 0.15) is 22.9 Å². The van der Waals surface area contributed by atoms with Crippen molar-refractivity contribution in [2.75, 3.05) is 5.32 Å². The fraction of sp³-hybridized carbons (Fsp3) is 0.364. The minimum Gasteiger partial charge on any atom is -0.363 e. The Hall–Kier alpha value is -1.63. The number of hydrogen-bond acceptors (Lipinski definition) is 2. The lowest BCUT2D eigenvalue weighted by Crippen LogP contribution is -2.43. The Bertz CT molecular complexity index is 399. The Morgan fingerprint density at radius 1 is 1.27 bits per heavy atom. The van der Waals surface area contributed by atoms with Gasteiger partial charge in [-0.2, -0.15) is 5.26 Å². The van der Waals surface area contributed by atoms with Gasteiger partial charge >= 0.3 is 0 Å². The minimum atomic E-state index is -0.775. The van der Waals surface area contributed by atoms with Crippen molar-refractivity contribution >= 4 is 5.69 Å². The fourth-order valence-electron chi connectivity index (χ4n) is 1.65. The summed E-state index contributed by atoms with van der Waals surface area (Å²) < 4.78 is 26.5. The van der Waals surface area contributed by atoms with Crippen LogP contribution in [0, 0.1) is 23.0 Å². The van der Waals surface area contributed by atoms with Gasteiger partial charge in [-0.15, -0.1) is 0 Å². The van der Waals surface area contributed by atoms with Crippen LogP contribution >= 0.6 is 0 Å². The van der Waals surface area contributed by atoms with Crippen LogP contribution in [0.2, 0.25) is 0 Å². The largest absolute Gasteiger partial charge is 0.363 e. The molecule has 0 atom stereocenters. The maximum atomic E-state index is 13.3. The van der Waals surface area contributed by atoms with Crippen LogP contribution in [0.25, 0.3) is 0 Å². The first-order valence-electron chi connectivity index (χ1n) is 4.80. The molecule has 0 unspecified atom stereocenters. The molecule has 2 rings (SSSR count). The molecule has 78 valence electrons. The molecule has 0 heterocycles. The molecule has 1 aromatic rings. The van der Waals surface area contributed by atoms with Crippen molar-refractivity contribution in [3.05, 3.63) is 29.8 Å². The van der Waals surface area contributed by atoms with E-state index in [9.17, 15) is 8.78 Å². The molecule has 4 heteroatoms. The van der Waals surface area contributed by atoms with E-state index in [0.29, 0.717) is 12.8 Å². The van der Waals surface area contributed by atoms with Crippen LogP contribution < -0.4 is 5.32 Å². The lowest BCUT2D eigenvalue weighted by atomic mass is 9.78. The highest BCUT2D eigenvalue weighted by Crippen LogP contribution is 2.36. The van der Waals surface area contributed by atoms with Crippen LogP contribution in [0.1, 0.15) is 19.3 Å². The third kappa shape index (κ3) is 1.65. The average molecular weight is 208 g/mol. The monoisotopic (exact) mass is 208 g/mol. The summed E-state index contributed by atoms with van der Waals surface area (Å²) in [4.78, 5) is 0. The maximum absolute atomic E-state index is 13.3. The molecule has 1 aliphatic carbocycles. The average Bonchev–Trinajstić information content (AvgIpc) is 2.15. The summed E-state index contributed by atoms with van der Waals surface area (Å²) in [7, 11) is 0. The topological polar surface area (TPSA) is 35.8 Å². The number of nitriles is 1. The van der Waals surface area contributed by atoms with Gasteiger partial charge in [-0.1, -0.05) is 6.07 Å². The summed E-state index contributed by atoms with van der Waals surface area (Å²) in [5.41, 5.74) is -0.970. The molecule has 15 heavy (non-hydrogen) atoms. The van der Waals surface area contributed by atoms with E-state index in [1.807, 2.05) is 0 Å². The van der Waals surface area contributed by atoms with Crippen molar-refractivity contribution in [2.24, 2.45) is 0 Å². The molecule has 1 aromatic carbocycles. The zero-order chi connectivity index (χ0) is 10.9. The Labute approximate surface area is 86.5 Å². The molecule has 0 radical (unpaired) electrons. The van der Waals surface area contributed by atoms with Crippen LogP contribution in [0.3, 0.4) is 0 Å². The van der Waals surface area contributed by atoms with Gasteiger partial charge in [0, 0.05) is 0 Å². The number of rotatable bonds is 2. The molecule has 0 saturated heterocycles. The number of halogens is 2. The van der Waals surface area contributed by atoms with Crippen LogP contribution in [0.5, 0.6) is 0 Å². The Morgan fingerprint density at radius 2 is 1.87 bits per heavy atom. The van der Waals surface area contributed by atoms with Gasteiger partial charge in [0.15, 0.2) is 0 Å². The number of anilines is 1. The Balaban J connectivity index is 2.28. The first-order chi connectivity index (χ1) is 7.17. The zero-order valence-corrected chi connectivity index (χ0v) is 8.06. The van der Waals surface area contributed by atoms with Crippen molar-refractivity contribution in [1.29, 1.82) is 5.26 Å². The second kappa shape index (κ2) is 3.50. The smallest absolute Gasteiger partial charge is 0.149 e. The molecule has 0 amide bonds. The van der Waals surface area contributed by atoms with Crippen LogP contribution in [0.4, 0.5) is 14.5 Å². The highest BCUT2D eigenvalue weighted by molar-refractivity contribution is 5.51. The van der Waals surface area contributed by atoms with Gasteiger partial charge < -0.3 is 5.32 Å². The van der Waals surface area contributed by atoms with E-state index in [4.69, 9.17) is 5.26 Å². The molecule has 1 fully saturated rings. The van der Waals surface area contributed by atoms with E-state index in [2.05, 4.69) is 11.4 Å². The van der Waals surface area contributed by atoms with Gasteiger partial charge in [0.2, 0.25) is 0 Å². The van der Waals surface area contributed by atoms with Crippen LogP contribution in [0.15, 0.2) is 18.2 Å². The zero-order valence-electron chi connectivity index (χ0n) is 8.06. The van der Waals surface area contributed by atoms with Crippen molar-refractivity contribution in [3.8, 4) is 6.07 Å². The van der Waals surface area contributed by atoms with Crippen molar-refractivity contribution in [1.82, 2.24) is 0 Å². The van der Waals surface area contributed by atoms with Crippen molar-refractivity contribution < 1.29 is 8.78 Å². The van der Waals surface area contributed by atoms with E-state index in [-0.39, 0.29) is 5.69 Å². The summed E-state index contributed by atoms with van der Waals surface area (Å²) >= 11 is 0. The molecule has 1 aliphatic rings. The van der Waals surface area contributed by atoms with E-state index in [1.54, 1.807) is 0 Å².